The first-order chi connectivity index (χ1) is 30.8. The minimum absolute atomic E-state index is 0.0542. The van der Waals surface area contributed by atoms with Crippen molar-refractivity contribution in [2.45, 2.75) is 95.5 Å². The maximum Gasteiger partial charge on any atom is 0.254 e. The number of nitrogens with zero attached hydrogens (tertiary/aromatic N) is 5. The van der Waals surface area contributed by atoms with E-state index in [1.165, 1.54) is 11.3 Å². The number of carbonyl (C=O) groups excluding carboxylic acids is 3. The molecule has 1 aromatic carbocycles. The van der Waals surface area contributed by atoms with Crippen molar-refractivity contribution in [1.29, 1.82) is 0 Å². The molecule has 336 valence electrons. The van der Waals surface area contributed by atoms with Gasteiger partial charge in [0.05, 0.1) is 42.1 Å². The van der Waals surface area contributed by atoms with Crippen LogP contribution in [0.2, 0.25) is 0 Å². The Hall–Kier alpha value is -4.94. The fraction of sp³-hybridized carbons (Fsp3) is 0.522. The summed E-state index contributed by atoms with van der Waals surface area (Å²) in [5.41, 5.74) is 1.77. The zero-order chi connectivity index (χ0) is 43.5. The number of hydrogen-bond acceptors (Lipinski definition) is 15. The number of amides is 2. The van der Waals surface area contributed by atoms with Gasteiger partial charge in [-0.3, -0.25) is 24.3 Å². The summed E-state index contributed by atoms with van der Waals surface area (Å²) >= 11 is 3.06. The monoisotopic (exact) mass is 899 g/mol. The number of hydrogen-bond donors (Lipinski definition) is 2. The van der Waals surface area contributed by atoms with Gasteiger partial charge in [0.25, 0.3) is 5.88 Å². The maximum absolute atomic E-state index is 14.2. The van der Waals surface area contributed by atoms with Crippen LogP contribution in [0.4, 0.5) is 0 Å². The highest BCUT2D eigenvalue weighted by Crippen LogP contribution is 2.37. The van der Waals surface area contributed by atoms with Crippen LogP contribution in [0.15, 0.2) is 63.9 Å². The van der Waals surface area contributed by atoms with Crippen LogP contribution in [0.25, 0.3) is 10.2 Å². The average molecular weight is 900 g/mol. The van der Waals surface area contributed by atoms with E-state index in [4.69, 9.17) is 28.5 Å². The van der Waals surface area contributed by atoms with Gasteiger partial charge in [-0.25, -0.2) is 4.98 Å². The summed E-state index contributed by atoms with van der Waals surface area (Å²) in [6, 6.07) is 11.6. The second kappa shape index (κ2) is 21.6. The highest BCUT2D eigenvalue weighted by molar-refractivity contribution is 7.17. The molecule has 2 saturated heterocycles. The van der Waals surface area contributed by atoms with Gasteiger partial charge in [0.15, 0.2) is 5.76 Å². The van der Waals surface area contributed by atoms with Gasteiger partial charge in [0, 0.05) is 42.8 Å². The summed E-state index contributed by atoms with van der Waals surface area (Å²) in [6.45, 7) is 6.11. The molecule has 3 atom stereocenters. The first kappa shape index (κ1) is 44.7. The van der Waals surface area contributed by atoms with Gasteiger partial charge in [-0.15, -0.1) is 22.7 Å². The van der Waals surface area contributed by atoms with Crippen molar-refractivity contribution in [2.75, 3.05) is 53.1 Å². The molecule has 2 N–H and O–H groups in total. The van der Waals surface area contributed by atoms with Crippen LogP contribution in [0.5, 0.6) is 17.4 Å². The zero-order valence-corrected chi connectivity index (χ0v) is 37.6. The highest BCUT2D eigenvalue weighted by atomic mass is 32.1. The van der Waals surface area contributed by atoms with E-state index in [2.05, 4.69) is 25.7 Å². The smallest absolute Gasteiger partial charge is 0.254 e. The van der Waals surface area contributed by atoms with Crippen molar-refractivity contribution in [2.24, 2.45) is 5.92 Å². The molecular formula is C46H57N7O8S2. The molecular weight excluding hydrogens is 843 g/mol. The van der Waals surface area contributed by atoms with Gasteiger partial charge in [0.2, 0.25) is 17.6 Å². The number of piperidine rings is 1. The quantitative estimate of drug-likeness (QED) is 0.0617. The number of carbonyl (C=O) groups is 3. The molecule has 8 rings (SSSR count). The SMILES string of the molecule is CN[C@@H](C)C(=O)N[C@H](C(=O)N1CCC[C@H]1c1nc(C(=O)c2cccc(OCCOCCOc3cc(CN4CCC(Oc5ccnc6ccsc56)CC4)on3)c2)cs1)C1CCCCC1. The lowest BCUT2D eigenvalue weighted by Gasteiger charge is -2.35. The molecule has 5 aromatic rings. The number of thiophene rings is 1. The van der Waals surface area contributed by atoms with E-state index in [0.29, 0.717) is 55.8 Å². The van der Waals surface area contributed by atoms with E-state index in [-0.39, 0.29) is 42.3 Å². The number of rotatable bonds is 20. The first-order valence-electron chi connectivity index (χ1n) is 22.2. The van der Waals surface area contributed by atoms with Gasteiger partial charge in [0.1, 0.15) is 47.6 Å². The molecule has 63 heavy (non-hydrogen) atoms. The molecule has 4 aromatic heterocycles. The van der Waals surface area contributed by atoms with E-state index in [1.54, 1.807) is 61.2 Å². The highest BCUT2D eigenvalue weighted by Gasteiger charge is 2.40. The largest absolute Gasteiger partial charge is 0.491 e. The lowest BCUT2D eigenvalue weighted by Crippen LogP contribution is -2.55. The number of likely N-dealkylation sites (N-methyl/N-ethyl adjacent to an activating group) is 1. The van der Waals surface area contributed by atoms with Crippen molar-refractivity contribution in [3.8, 4) is 17.4 Å². The topological polar surface area (TPSA) is 170 Å². The lowest BCUT2D eigenvalue weighted by atomic mass is 9.83. The summed E-state index contributed by atoms with van der Waals surface area (Å²) in [6.07, 6.45) is 10.5. The van der Waals surface area contributed by atoms with Crippen LogP contribution in [-0.2, 0) is 20.9 Å². The third-order valence-corrected chi connectivity index (χ3v) is 14.1. The van der Waals surface area contributed by atoms with Crippen LogP contribution in [0.1, 0.15) is 97.6 Å². The Bertz CT molecular complexity index is 2280. The van der Waals surface area contributed by atoms with Gasteiger partial charge < -0.3 is 39.0 Å². The summed E-state index contributed by atoms with van der Waals surface area (Å²) in [5.74, 6) is 2.29. The standard InChI is InChI=1S/C46H57N7O8S2/c1-30(47-2)44(55)50-41(31-8-4-3-5-9-31)46(56)53-18-7-12-38(53)45-49-37(29-63-45)42(54)32-10-6-11-34(26-32)58-23-21-57-22-24-59-40-27-35(61-51-40)28-52-19-14-33(15-20-52)60-39-13-17-48-36-16-25-62-43(36)39/h6,10-11,13,16-17,25-27,29-31,33,38,41,47H,3-5,7-9,12,14-15,18-24,28H2,1-2H3,(H,50,55)/t30-,38-,41-/m0/s1. The van der Waals surface area contributed by atoms with Crippen LogP contribution >= 0.6 is 22.7 Å². The molecule has 17 heteroatoms. The molecule has 1 saturated carbocycles. The Morgan fingerprint density at radius 2 is 1.75 bits per heavy atom. The second-order valence-electron chi connectivity index (χ2n) is 16.5. The lowest BCUT2D eigenvalue weighted by molar-refractivity contribution is -0.139. The Kier molecular flexibility index (Phi) is 15.3. The molecule has 3 aliphatic rings. The minimum Gasteiger partial charge on any atom is -0.491 e. The van der Waals surface area contributed by atoms with E-state index in [1.807, 2.05) is 28.5 Å². The Labute approximate surface area is 375 Å². The number of thiazole rings is 1. The number of ether oxygens (including phenoxy) is 4. The summed E-state index contributed by atoms with van der Waals surface area (Å²) in [5, 5.41) is 14.7. The fourth-order valence-corrected chi connectivity index (χ4v) is 10.4. The molecule has 2 amide bonds. The van der Waals surface area contributed by atoms with E-state index >= 15 is 0 Å². The van der Waals surface area contributed by atoms with Crippen molar-refractivity contribution in [1.82, 2.24) is 35.6 Å². The van der Waals surface area contributed by atoms with Crippen molar-refractivity contribution < 1.29 is 37.9 Å². The zero-order valence-electron chi connectivity index (χ0n) is 36.0. The van der Waals surface area contributed by atoms with Crippen molar-refractivity contribution in [3.63, 3.8) is 0 Å². The first-order valence-corrected chi connectivity index (χ1v) is 24.0. The minimum atomic E-state index is -0.575. The van der Waals surface area contributed by atoms with Gasteiger partial charge in [-0.05, 0) is 93.2 Å². The van der Waals surface area contributed by atoms with Crippen LogP contribution in [0, 0.1) is 5.92 Å². The molecule has 6 heterocycles. The van der Waals surface area contributed by atoms with Crippen LogP contribution in [-0.4, -0.2) is 114 Å². The predicted molar refractivity (Wildman–Crippen MR) is 240 cm³/mol. The number of benzene rings is 1. The number of aromatic nitrogens is 3. The summed E-state index contributed by atoms with van der Waals surface area (Å²) in [4.78, 5) is 54.1. The fourth-order valence-electron chi connectivity index (χ4n) is 8.63. The molecule has 15 nitrogen and oxygen atoms in total. The molecule has 1 aliphatic carbocycles. The van der Waals surface area contributed by atoms with Crippen LogP contribution < -0.4 is 24.8 Å². The number of pyridine rings is 1. The third-order valence-electron chi connectivity index (χ3n) is 12.2. The van der Waals surface area contributed by atoms with E-state index in [0.717, 1.165) is 97.6 Å². The van der Waals surface area contributed by atoms with Gasteiger partial charge in [-0.2, -0.15) is 0 Å². The van der Waals surface area contributed by atoms with Crippen LogP contribution in [0.3, 0.4) is 0 Å². The Balaban J connectivity index is 0.743. The number of ketones is 1. The Morgan fingerprint density at radius 3 is 2.57 bits per heavy atom. The summed E-state index contributed by atoms with van der Waals surface area (Å²) < 4.78 is 30.4. The van der Waals surface area contributed by atoms with Crippen molar-refractivity contribution in [3.05, 3.63) is 81.4 Å². The maximum atomic E-state index is 14.2. The predicted octanol–water partition coefficient (Wildman–Crippen LogP) is 6.83. The number of likely N-dealkylation sites (tertiary alicyclic amines) is 2. The Morgan fingerprint density at radius 1 is 0.921 bits per heavy atom. The third kappa shape index (κ3) is 11.4. The second-order valence-corrected chi connectivity index (χ2v) is 18.3. The molecule has 0 radical (unpaired) electrons. The molecule has 3 fully saturated rings. The normalized spacial score (nSPS) is 18.6. The summed E-state index contributed by atoms with van der Waals surface area (Å²) in [7, 11) is 1.74. The van der Waals surface area contributed by atoms with Gasteiger partial charge in [-0.1, -0.05) is 31.4 Å². The van der Waals surface area contributed by atoms with E-state index < -0.39 is 12.1 Å². The van der Waals surface area contributed by atoms with Gasteiger partial charge >= 0.3 is 0 Å². The number of nitrogens with one attached hydrogen (secondary N) is 2. The van der Waals surface area contributed by atoms with E-state index in [9.17, 15) is 14.4 Å². The average Bonchev–Trinajstić information content (AvgIpc) is 4.17. The molecule has 0 bridgehead atoms. The molecule has 0 spiro atoms. The van der Waals surface area contributed by atoms with Crippen molar-refractivity contribution >= 4 is 50.5 Å². The number of fused-ring (bicyclic) bond motifs is 1. The molecule has 2 aliphatic heterocycles. The molecule has 0 unspecified atom stereocenters.